The van der Waals surface area contributed by atoms with Gasteiger partial charge in [-0.05, 0) is 26.2 Å². The smallest absolute Gasteiger partial charge is 0.233 e. The highest BCUT2D eigenvalue weighted by molar-refractivity contribution is 5.77. The summed E-state index contributed by atoms with van der Waals surface area (Å²) < 4.78 is 0. The van der Waals surface area contributed by atoms with E-state index in [1.165, 1.54) is 0 Å². The van der Waals surface area contributed by atoms with Crippen LogP contribution in [0.15, 0.2) is 12.7 Å². The highest BCUT2D eigenvalue weighted by Gasteiger charge is 2.03. The van der Waals surface area contributed by atoms with Gasteiger partial charge in [0.1, 0.15) is 0 Å². The molecule has 0 saturated heterocycles. The van der Waals surface area contributed by atoms with Gasteiger partial charge in [0.05, 0.1) is 6.54 Å². The maximum atomic E-state index is 11.2. The second-order valence-corrected chi connectivity index (χ2v) is 3.50. The minimum atomic E-state index is 0.0808. The lowest BCUT2D eigenvalue weighted by molar-refractivity contribution is -0.120. The maximum Gasteiger partial charge on any atom is 0.233 e. The van der Waals surface area contributed by atoms with Crippen molar-refractivity contribution >= 4 is 5.91 Å². The number of carbonyl (C=O) groups excluding carboxylic acids is 1. The fourth-order valence-electron chi connectivity index (χ4n) is 1.06. The van der Waals surface area contributed by atoms with Crippen LogP contribution in [0.4, 0.5) is 0 Å². The number of carbonyl (C=O) groups is 1. The van der Waals surface area contributed by atoms with Crippen molar-refractivity contribution in [3.8, 4) is 0 Å². The number of hydrogen-bond donors (Lipinski definition) is 2. The molecule has 0 aliphatic heterocycles. The average Bonchev–Trinajstić information content (AvgIpc) is 2.20. The van der Waals surface area contributed by atoms with Gasteiger partial charge in [0.15, 0.2) is 0 Å². The molecule has 1 amide bonds. The quantitative estimate of drug-likeness (QED) is 0.580. The standard InChI is InChI=1S/C11H22N2O/c1-4-6-7-10(3)13-9-11(14)12-8-5-2/h4,10,13H,1,5-9H2,2-3H3,(H,12,14). The number of allylic oxidation sites excluding steroid dienone is 1. The van der Waals surface area contributed by atoms with E-state index in [-0.39, 0.29) is 5.91 Å². The van der Waals surface area contributed by atoms with E-state index < -0.39 is 0 Å². The van der Waals surface area contributed by atoms with Crippen molar-refractivity contribution in [2.75, 3.05) is 13.1 Å². The molecule has 0 rings (SSSR count). The lowest BCUT2D eigenvalue weighted by atomic mass is 10.2. The van der Waals surface area contributed by atoms with Crippen molar-refractivity contribution in [1.82, 2.24) is 10.6 Å². The van der Waals surface area contributed by atoms with Crippen molar-refractivity contribution in [3.05, 3.63) is 12.7 Å². The van der Waals surface area contributed by atoms with Gasteiger partial charge in [0.2, 0.25) is 5.91 Å². The summed E-state index contributed by atoms with van der Waals surface area (Å²) in [5.74, 6) is 0.0808. The molecule has 0 spiro atoms. The van der Waals surface area contributed by atoms with Crippen LogP contribution in [0.3, 0.4) is 0 Å². The van der Waals surface area contributed by atoms with Crippen LogP contribution >= 0.6 is 0 Å². The van der Waals surface area contributed by atoms with Crippen molar-refractivity contribution in [2.45, 2.75) is 39.2 Å². The Morgan fingerprint density at radius 2 is 2.29 bits per heavy atom. The molecule has 3 heteroatoms. The van der Waals surface area contributed by atoms with Gasteiger partial charge in [-0.3, -0.25) is 4.79 Å². The van der Waals surface area contributed by atoms with E-state index in [1.807, 2.05) is 13.0 Å². The molecule has 3 nitrogen and oxygen atoms in total. The first kappa shape index (κ1) is 13.2. The van der Waals surface area contributed by atoms with E-state index in [4.69, 9.17) is 0 Å². The Bertz CT molecular complexity index is 169. The Labute approximate surface area is 87.0 Å². The van der Waals surface area contributed by atoms with Crippen LogP contribution in [0.5, 0.6) is 0 Å². The fourth-order valence-corrected chi connectivity index (χ4v) is 1.06. The van der Waals surface area contributed by atoms with E-state index in [2.05, 4.69) is 24.1 Å². The summed E-state index contributed by atoms with van der Waals surface area (Å²) in [6.07, 6.45) is 4.91. The van der Waals surface area contributed by atoms with E-state index in [0.717, 1.165) is 25.8 Å². The summed E-state index contributed by atoms with van der Waals surface area (Å²) in [5, 5.41) is 5.99. The van der Waals surface area contributed by atoms with Gasteiger partial charge in [-0.15, -0.1) is 6.58 Å². The largest absolute Gasteiger partial charge is 0.355 e. The third kappa shape index (κ3) is 7.80. The van der Waals surface area contributed by atoms with E-state index in [1.54, 1.807) is 0 Å². The Balaban J connectivity index is 3.40. The molecule has 0 radical (unpaired) electrons. The summed E-state index contributed by atoms with van der Waals surface area (Å²) in [7, 11) is 0. The second-order valence-electron chi connectivity index (χ2n) is 3.50. The lowest BCUT2D eigenvalue weighted by Crippen LogP contribution is -2.38. The van der Waals surface area contributed by atoms with Crippen LogP contribution in [0.2, 0.25) is 0 Å². The third-order valence-corrected chi connectivity index (χ3v) is 1.99. The van der Waals surface area contributed by atoms with Crippen LogP contribution in [0.25, 0.3) is 0 Å². The minimum absolute atomic E-state index is 0.0808. The molecule has 0 aromatic rings. The molecule has 14 heavy (non-hydrogen) atoms. The SMILES string of the molecule is C=CCCC(C)NCC(=O)NCCC. The van der Waals surface area contributed by atoms with Crippen molar-refractivity contribution in [1.29, 1.82) is 0 Å². The number of amides is 1. The molecule has 0 saturated carbocycles. The predicted octanol–water partition coefficient (Wildman–Crippen LogP) is 1.46. The molecule has 0 heterocycles. The number of rotatable bonds is 8. The summed E-state index contributed by atoms with van der Waals surface area (Å²) in [6, 6.07) is 0.375. The highest BCUT2D eigenvalue weighted by atomic mass is 16.1. The molecular weight excluding hydrogens is 176 g/mol. The predicted molar refractivity (Wildman–Crippen MR) is 60.2 cm³/mol. The zero-order valence-electron chi connectivity index (χ0n) is 9.31. The van der Waals surface area contributed by atoms with Gasteiger partial charge in [-0.2, -0.15) is 0 Å². The van der Waals surface area contributed by atoms with Crippen LogP contribution < -0.4 is 10.6 Å². The Kier molecular flexibility index (Phi) is 8.24. The average molecular weight is 198 g/mol. The first-order valence-corrected chi connectivity index (χ1v) is 5.31. The molecule has 0 aliphatic rings. The summed E-state index contributed by atoms with van der Waals surface area (Å²) in [5.41, 5.74) is 0. The van der Waals surface area contributed by atoms with E-state index >= 15 is 0 Å². The molecular formula is C11H22N2O. The molecule has 1 atom stereocenters. The van der Waals surface area contributed by atoms with Crippen molar-refractivity contribution in [3.63, 3.8) is 0 Å². The number of nitrogens with one attached hydrogen (secondary N) is 2. The van der Waals surface area contributed by atoms with Gasteiger partial charge in [-0.25, -0.2) is 0 Å². The zero-order chi connectivity index (χ0) is 10.8. The summed E-state index contributed by atoms with van der Waals surface area (Å²) >= 11 is 0. The van der Waals surface area contributed by atoms with Crippen LogP contribution in [0, 0.1) is 0 Å². The zero-order valence-corrected chi connectivity index (χ0v) is 9.31. The van der Waals surface area contributed by atoms with Crippen molar-refractivity contribution in [2.24, 2.45) is 0 Å². The topological polar surface area (TPSA) is 41.1 Å². The molecule has 0 aromatic carbocycles. The Morgan fingerprint density at radius 1 is 1.57 bits per heavy atom. The fraction of sp³-hybridized carbons (Fsp3) is 0.727. The molecule has 1 unspecified atom stereocenters. The van der Waals surface area contributed by atoms with Gasteiger partial charge >= 0.3 is 0 Å². The molecule has 0 bridgehead atoms. The van der Waals surface area contributed by atoms with Crippen molar-refractivity contribution < 1.29 is 4.79 Å². The van der Waals surface area contributed by atoms with Gasteiger partial charge in [-0.1, -0.05) is 13.0 Å². The van der Waals surface area contributed by atoms with E-state index in [9.17, 15) is 4.79 Å². The highest BCUT2D eigenvalue weighted by Crippen LogP contribution is 1.95. The summed E-state index contributed by atoms with van der Waals surface area (Å²) in [4.78, 5) is 11.2. The van der Waals surface area contributed by atoms with Crippen LogP contribution in [0.1, 0.15) is 33.1 Å². The normalized spacial score (nSPS) is 12.1. The Morgan fingerprint density at radius 3 is 2.86 bits per heavy atom. The third-order valence-electron chi connectivity index (χ3n) is 1.99. The van der Waals surface area contributed by atoms with E-state index in [0.29, 0.717) is 12.6 Å². The van der Waals surface area contributed by atoms with Gasteiger partial charge in [0, 0.05) is 12.6 Å². The molecule has 82 valence electrons. The second kappa shape index (κ2) is 8.75. The first-order chi connectivity index (χ1) is 6.70. The Hall–Kier alpha value is -0.830. The maximum absolute atomic E-state index is 11.2. The van der Waals surface area contributed by atoms with Crippen LogP contribution in [-0.2, 0) is 4.79 Å². The summed E-state index contributed by atoms with van der Waals surface area (Å²) in [6.45, 7) is 8.96. The minimum Gasteiger partial charge on any atom is -0.355 e. The van der Waals surface area contributed by atoms with Gasteiger partial charge < -0.3 is 10.6 Å². The van der Waals surface area contributed by atoms with Gasteiger partial charge in [0.25, 0.3) is 0 Å². The first-order valence-electron chi connectivity index (χ1n) is 5.31. The molecule has 0 fully saturated rings. The molecule has 0 aromatic heterocycles. The monoisotopic (exact) mass is 198 g/mol. The van der Waals surface area contributed by atoms with Crippen LogP contribution in [-0.4, -0.2) is 25.0 Å². The molecule has 2 N–H and O–H groups in total. The lowest BCUT2D eigenvalue weighted by Gasteiger charge is -2.12. The molecule has 0 aliphatic carbocycles. The number of hydrogen-bond acceptors (Lipinski definition) is 2.